The number of rotatable bonds is 3. The Kier molecular flexibility index (Phi) is 4.88. The largest absolute Gasteiger partial charge is 0.508 e. The van der Waals surface area contributed by atoms with Crippen molar-refractivity contribution < 1.29 is 14.7 Å². The highest BCUT2D eigenvalue weighted by Gasteiger charge is 2.31. The lowest BCUT2D eigenvalue weighted by atomic mass is 10.1. The van der Waals surface area contributed by atoms with Gasteiger partial charge in [0, 0.05) is 12.7 Å². The van der Waals surface area contributed by atoms with Crippen molar-refractivity contribution in [3.63, 3.8) is 0 Å². The molecule has 0 spiro atoms. The number of nitrogens with zero attached hydrogens (tertiary/aromatic N) is 1. The predicted octanol–water partition coefficient (Wildman–Crippen LogP) is 2.17. The zero-order chi connectivity index (χ0) is 17.8. The van der Waals surface area contributed by atoms with Gasteiger partial charge in [-0.15, -0.1) is 0 Å². The number of aryl methyl sites for hydroxylation is 1. The summed E-state index contributed by atoms with van der Waals surface area (Å²) in [4.78, 5) is 26.5. The van der Waals surface area contributed by atoms with Crippen LogP contribution in [0.15, 0.2) is 48.5 Å². The van der Waals surface area contributed by atoms with Crippen LogP contribution in [0.25, 0.3) is 0 Å². The summed E-state index contributed by atoms with van der Waals surface area (Å²) in [6.07, 6.45) is 1.26. The summed E-state index contributed by atoms with van der Waals surface area (Å²) < 4.78 is 0. The van der Waals surface area contributed by atoms with E-state index in [2.05, 4.69) is 10.6 Å². The van der Waals surface area contributed by atoms with Gasteiger partial charge in [0.1, 0.15) is 11.8 Å². The Bertz CT molecular complexity index is 774. The van der Waals surface area contributed by atoms with Gasteiger partial charge in [-0.05, 0) is 42.2 Å². The first-order valence-corrected chi connectivity index (χ1v) is 8.24. The first-order chi connectivity index (χ1) is 12.1. The summed E-state index contributed by atoms with van der Waals surface area (Å²) >= 11 is 0. The van der Waals surface area contributed by atoms with E-state index in [-0.39, 0.29) is 17.7 Å². The fraction of sp³-hybridized carbons (Fsp3) is 0.263. The van der Waals surface area contributed by atoms with Gasteiger partial charge in [0.05, 0.1) is 6.54 Å². The van der Waals surface area contributed by atoms with Crippen LogP contribution < -0.4 is 15.5 Å². The maximum Gasteiger partial charge on any atom is 0.315 e. The van der Waals surface area contributed by atoms with Gasteiger partial charge in [-0.1, -0.05) is 30.3 Å². The number of phenolic OH excluding ortho intramolecular Hbond substituents is 1. The van der Waals surface area contributed by atoms with Crippen molar-refractivity contribution in [1.82, 2.24) is 10.6 Å². The fourth-order valence-electron chi connectivity index (χ4n) is 3.03. The van der Waals surface area contributed by atoms with E-state index in [4.69, 9.17) is 0 Å². The van der Waals surface area contributed by atoms with Gasteiger partial charge in [0.25, 0.3) is 0 Å². The number of carbonyl (C=O) groups is 2. The molecule has 25 heavy (non-hydrogen) atoms. The monoisotopic (exact) mass is 339 g/mol. The maximum absolute atomic E-state index is 13.1. The molecule has 0 radical (unpaired) electrons. The summed E-state index contributed by atoms with van der Waals surface area (Å²) in [6.45, 7) is 0.377. The lowest BCUT2D eigenvalue weighted by Gasteiger charge is -2.26. The lowest BCUT2D eigenvalue weighted by Crippen LogP contribution is -2.50. The minimum Gasteiger partial charge on any atom is -0.508 e. The molecule has 1 aliphatic heterocycles. The number of fused-ring (bicyclic) bond motifs is 1. The van der Waals surface area contributed by atoms with E-state index in [0.717, 1.165) is 16.8 Å². The second-order valence-corrected chi connectivity index (χ2v) is 6.03. The van der Waals surface area contributed by atoms with Crippen molar-refractivity contribution in [3.8, 4) is 5.75 Å². The molecule has 130 valence electrons. The highest BCUT2D eigenvalue weighted by molar-refractivity contribution is 6.00. The molecule has 6 heteroatoms. The second kappa shape index (κ2) is 7.25. The Morgan fingerprint density at radius 3 is 2.64 bits per heavy atom. The van der Waals surface area contributed by atoms with Crippen LogP contribution in [0, 0.1) is 0 Å². The van der Waals surface area contributed by atoms with Crippen molar-refractivity contribution in [2.45, 2.75) is 25.4 Å². The average Bonchev–Trinajstić information content (AvgIpc) is 2.75. The SMILES string of the molecule is CNC(=O)NC1CCc2ccccc2N(Cc2ccc(O)cc2)C1=O. The normalized spacial score (nSPS) is 16.8. The van der Waals surface area contributed by atoms with Gasteiger partial charge in [-0.25, -0.2) is 4.79 Å². The molecule has 1 heterocycles. The van der Waals surface area contributed by atoms with Crippen LogP contribution in [0.2, 0.25) is 0 Å². The molecule has 0 saturated heterocycles. The standard InChI is InChI=1S/C19H21N3O3/c1-20-19(25)21-16-11-8-14-4-2-3-5-17(14)22(18(16)24)12-13-6-9-15(23)10-7-13/h2-7,9-10,16,23H,8,11-12H2,1H3,(H2,20,21,25). The molecule has 0 saturated carbocycles. The predicted molar refractivity (Wildman–Crippen MR) is 95.4 cm³/mol. The topological polar surface area (TPSA) is 81.7 Å². The molecule has 2 aromatic rings. The smallest absolute Gasteiger partial charge is 0.315 e. The number of urea groups is 1. The minimum absolute atomic E-state index is 0.137. The minimum atomic E-state index is -0.579. The highest BCUT2D eigenvalue weighted by Crippen LogP contribution is 2.28. The molecule has 1 unspecified atom stereocenters. The third-order valence-corrected chi connectivity index (χ3v) is 4.36. The number of anilines is 1. The van der Waals surface area contributed by atoms with Crippen LogP contribution in [-0.2, 0) is 17.8 Å². The summed E-state index contributed by atoms with van der Waals surface area (Å²) in [7, 11) is 1.53. The molecule has 2 aromatic carbocycles. The van der Waals surface area contributed by atoms with Crippen LogP contribution in [0.1, 0.15) is 17.5 Å². The number of benzene rings is 2. The van der Waals surface area contributed by atoms with Crippen LogP contribution in [0.4, 0.5) is 10.5 Å². The van der Waals surface area contributed by atoms with Crippen LogP contribution in [-0.4, -0.2) is 30.1 Å². The lowest BCUT2D eigenvalue weighted by molar-refractivity contribution is -0.120. The Balaban J connectivity index is 1.93. The zero-order valence-electron chi connectivity index (χ0n) is 14.0. The molecule has 1 aliphatic rings. The van der Waals surface area contributed by atoms with Crippen molar-refractivity contribution in [3.05, 3.63) is 59.7 Å². The van der Waals surface area contributed by atoms with E-state index >= 15 is 0 Å². The summed E-state index contributed by atoms with van der Waals surface area (Å²) in [5.41, 5.74) is 2.85. The van der Waals surface area contributed by atoms with E-state index in [0.29, 0.717) is 19.4 Å². The van der Waals surface area contributed by atoms with E-state index in [1.54, 1.807) is 29.2 Å². The molecule has 0 fully saturated rings. The Labute approximate surface area is 146 Å². The number of para-hydroxylation sites is 1. The number of phenols is 1. The Morgan fingerprint density at radius 2 is 1.92 bits per heavy atom. The number of hydrogen-bond donors (Lipinski definition) is 3. The molecular weight excluding hydrogens is 318 g/mol. The number of nitrogens with one attached hydrogen (secondary N) is 2. The first kappa shape index (κ1) is 16.8. The summed E-state index contributed by atoms with van der Waals surface area (Å²) in [6, 6.07) is 13.6. The molecular formula is C19H21N3O3. The Morgan fingerprint density at radius 1 is 1.20 bits per heavy atom. The number of carbonyl (C=O) groups excluding carboxylic acids is 2. The van der Waals surface area contributed by atoms with Crippen LogP contribution >= 0.6 is 0 Å². The number of aromatic hydroxyl groups is 1. The van der Waals surface area contributed by atoms with Crippen molar-refractivity contribution in [2.75, 3.05) is 11.9 Å². The first-order valence-electron chi connectivity index (χ1n) is 8.24. The van der Waals surface area contributed by atoms with E-state index in [1.807, 2.05) is 24.3 Å². The molecule has 0 aromatic heterocycles. The third kappa shape index (κ3) is 3.74. The summed E-state index contributed by atoms with van der Waals surface area (Å²) in [5.74, 6) is 0.0483. The molecule has 3 amide bonds. The van der Waals surface area contributed by atoms with E-state index in [1.165, 1.54) is 7.05 Å². The zero-order valence-corrected chi connectivity index (χ0v) is 14.0. The molecule has 6 nitrogen and oxygen atoms in total. The maximum atomic E-state index is 13.1. The van der Waals surface area contributed by atoms with Crippen molar-refractivity contribution >= 4 is 17.6 Å². The second-order valence-electron chi connectivity index (χ2n) is 6.03. The molecule has 3 N–H and O–H groups in total. The fourth-order valence-corrected chi connectivity index (χ4v) is 3.03. The van der Waals surface area contributed by atoms with E-state index in [9.17, 15) is 14.7 Å². The van der Waals surface area contributed by atoms with Gasteiger partial charge in [-0.3, -0.25) is 4.79 Å². The quantitative estimate of drug-likeness (QED) is 0.801. The van der Waals surface area contributed by atoms with Crippen LogP contribution in [0.5, 0.6) is 5.75 Å². The number of amides is 3. The van der Waals surface area contributed by atoms with Gasteiger partial charge >= 0.3 is 6.03 Å². The van der Waals surface area contributed by atoms with Crippen molar-refractivity contribution in [2.24, 2.45) is 0 Å². The van der Waals surface area contributed by atoms with Crippen LogP contribution in [0.3, 0.4) is 0 Å². The van der Waals surface area contributed by atoms with Gasteiger partial charge in [0.2, 0.25) is 5.91 Å². The van der Waals surface area contributed by atoms with Crippen molar-refractivity contribution in [1.29, 1.82) is 0 Å². The molecule has 1 atom stereocenters. The van der Waals surface area contributed by atoms with Gasteiger partial charge < -0.3 is 20.6 Å². The van der Waals surface area contributed by atoms with Gasteiger partial charge in [-0.2, -0.15) is 0 Å². The number of hydrogen-bond acceptors (Lipinski definition) is 3. The average molecular weight is 339 g/mol. The highest BCUT2D eigenvalue weighted by atomic mass is 16.3. The molecule has 0 aliphatic carbocycles. The van der Waals surface area contributed by atoms with Gasteiger partial charge in [0.15, 0.2) is 0 Å². The van der Waals surface area contributed by atoms with E-state index < -0.39 is 6.04 Å². The molecule has 3 rings (SSSR count). The molecule has 0 bridgehead atoms. The summed E-state index contributed by atoms with van der Waals surface area (Å²) in [5, 5.41) is 14.7. The third-order valence-electron chi connectivity index (χ3n) is 4.36. The Hall–Kier alpha value is -3.02.